The largest absolute Gasteiger partial charge is 0.483 e. The molecule has 1 atom stereocenters. The maximum absolute atomic E-state index is 12.2. The number of rotatable bonds is 6. The highest BCUT2D eigenvalue weighted by Gasteiger charge is 2.17. The van der Waals surface area contributed by atoms with Crippen molar-refractivity contribution in [3.63, 3.8) is 0 Å². The normalized spacial score (nSPS) is 11.3. The molecule has 0 aliphatic carbocycles. The summed E-state index contributed by atoms with van der Waals surface area (Å²) >= 11 is 16.9. The maximum Gasteiger partial charge on any atom is 0.279 e. The van der Waals surface area contributed by atoms with E-state index < -0.39 is 17.9 Å². The first-order chi connectivity index (χ1) is 15.3. The van der Waals surface area contributed by atoms with Gasteiger partial charge in [-0.15, -0.1) is 0 Å². The minimum atomic E-state index is -0.894. The molecular formula is C22H19Cl2N3O4S. The summed E-state index contributed by atoms with van der Waals surface area (Å²) in [6.45, 7) is 1.28. The van der Waals surface area contributed by atoms with E-state index in [-0.39, 0.29) is 16.7 Å². The van der Waals surface area contributed by atoms with E-state index in [1.807, 2.05) is 36.4 Å². The van der Waals surface area contributed by atoms with Gasteiger partial charge in [-0.1, -0.05) is 59.6 Å². The number of halogens is 2. The van der Waals surface area contributed by atoms with Gasteiger partial charge in [-0.3, -0.25) is 25.8 Å². The summed E-state index contributed by atoms with van der Waals surface area (Å²) in [6, 6.07) is 17.9. The van der Waals surface area contributed by atoms with Crippen LogP contribution >= 0.6 is 35.4 Å². The van der Waals surface area contributed by atoms with Gasteiger partial charge in [-0.05, 0) is 48.8 Å². The second-order valence-electron chi connectivity index (χ2n) is 6.59. The van der Waals surface area contributed by atoms with E-state index >= 15 is 0 Å². The number of hydrogen-bond acceptors (Lipinski definition) is 5. The van der Waals surface area contributed by atoms with E-state index in [1.165, 1.54) is 13.0 Å². The lowest BCUT2D eigenvalue weighted by atomic mass is 10.1. The minimum Gasteiger partial charge on any atom is -0.483 e. The lowest BCUT2D eigenvalue weighted by Gasteiger charge is -2.17. The van der Waals surface area contributed by atoms with Crippen LogP contribution in [0.5, 0.6) is 11.5 Å². The molecule has 2 amide bonds. The molecule has 3 N–H and O–H groups in total. The van der Waals surface area contributed by atoms with Crippen LogP contribution in [0.2, 0.25) is 10.0 Å². The van der Waals surface area contributed by atoms with Gasteiger partial charge in [0.25, 0.3) is 11.8 Å². The molecule has 3 aromatic rings. The summed E-state index contributed by atoms with van der Waals surface area (Å²) in [5.74, 6) is -0.126. The molecule has 0 saturated carbocycles. The number of fused-ring (bicyclic) bond motifs is 1. The highest BCUT2D eigenvalue weighted by molar-refractivity contribution is 7.80. The molecule has 32 heavy (non-hydrogen) atoms. The van der Waals surface area contributed by atoms with Gasteiger partial charge in [0, 0.05) is 10.4 Å². The van der Waals surface area contributed by atoms with Crippen LogP contribution in [-0.2, 0) is 9.59 Å². The Balaban J connectivity index is 1.43. The standard InChI is InChI=1S/C22H19Cl2N3O4S/c1-13(31-19-10-9-15(23)11-17(19)24)21(29)26-27-22(32)25-20(28)12-30-18-8-4-6-14-5-2-3-7-16(14)18/h2-11,13H,12H2,1H3,(H,26,29)(H2,25,27,28,32). The number of ether oxygens (including phenoxy) is 2. The summed E-state index contributed by atoms with van der Waals surface area (Å²) in [5.41, 5.74) is 4.80. The highest BCUT2D eigenvalue weighted by Crippen LogP contribution is 2.28. The smallest absolute Gasteiger partial charge is 0.279 e. The van der Waals surface area contributed by atoms with Crippen LogP contribution in [0.15, 0.2) is 60.7 Å². The van der Waals surface area contributed by atoms with Gasteiger partial charge >= 0.3 is 0 Å². The number of hydrogen-bond donors (Lipinski definition) is 3. The van der Waals surface area contributed by atoms with E-state index in [4.69, 9.17) is 44.9 Å². The first-order valence-corrected chi connectivity index (χ1v) is 10.6. The van der Waals surface area contributed by atoms with Crippen molar-refractivity contribution >= 4 is 63.1 Å². The number of carbonyl (C=O) groups excluding carboxylic acids is 2. The Bertz CT molecular complexity index is 1150. The summed E-state index contributed by atoms with van der Waals surface area (Å²) in [5, 5.41) is 4.95. The third-order valence-corrected chi connectivity index (χ3v) is 4.96. The zero-order valence-electron chi connectivity index (χ0n) is 16.9. The topological polar surface area (TPSA) is 88.7 Å². The Morgan fingerprint density at radius 1 is 1.00 bits per heavy atom. The Kier molecular flexibility index (Phi) is 8.10. The maximum atomic E-state index is 12.2. The van der Waals surface area contributed by atoms with Crippen molar-refractivity contribution in [2.45, 2.75) is 13.0 Å². The molecule has 0 fully saturated rings. The van der Waals surface area contributed by atoms with Crippen molar-refractivity contribution in [1.29, 1.82) is 0 Å². The molecule has 0 heterocycles. The van der Waals surface area contributed by atoms with Gasteiger partial charge in [-0.2, -0.15) is 0 Å². The Morgan fingerprint density at radius 2 is 1.75 bits per heavy atom. The number of benzene rings is 3. The fraction of sp³-hybridized carbons (Fsp3) is 0.136. The number of thiocarbonyl (C=S) groups is 1. The predicted molar refractivity (Wildman–Crippen MR) is 128 cm³/mol. The molecule has 0 saturated heterocycles. The van der Waals surface area contributed by atoms with E-state index in [0.717, 1.165) is 10.8 Å². The zero-order chi connectivity index (χ0) is 23.1. The predicted octanol–water partition coefficient (Wildman–Crippen LogP) is 4.01. The average Bonchev–Trinajstić information content (AvgIpc) is 2.77. The Morgan fingerprint density at radius 3 is 2.53 bits per heavy atom. The molecule has 7 nitrogen and oxygen atoms in total. The number of amides is 2. The van der Waals surface area contributed by atoms with Crippen LogP contribution in [0.1, 0.15) is 6.92 Å². The summed E-state index contributed by atoms with van der Waals surface area (Å²) in [4.78, 5) is 24.3. The SMILES string of the molecule is CC(Oc1ccc(Cl)cc1Cl)C(=O)NNC(=S)NC(=O)COc1cccc2ccccc12. The van der Waals surface area contributed by atoms with Gasteiger partial charge in [-0.25, -0.2) is 0 Å². The average molecular weight is 492 g/mol. The van der Waals surface area contributed by atoms with Crippen LogP contribution in [0.25, 0.3) is 10.8 Å². The molecule has 3 aromatic carbocycles. The summed E-state index contributed by atoms with van der Waals surface area (Å²) in [6.07, 6.45) is -0.894. The molecule has 0 spiro atoms. The first-order valence-electron chi connectivity index (χ1n) is 9.45. The lowest BCUT2D eigenvalue weighted by Crippen LogP contribution is -2.52. The molecule has 0 aromatic heterocycles. The van der Waals surface area contributed by atoms with Crippen molar-refractivity contribution in [1.82, 2.24) is 16.2 Å². The van der Waals surface area contributed by atoms with E-state index in [1.54, 1.807) is 18.2 Å². The van der Waals surface area contributed by atoms with Gasteiger partial charge < -0.3 is 9.47 Å². The molecule has 0 bridgehead atoms. The van der Waals surface area contributed by atoms with Crippen molar-refractivity contribution < 1.29 is 19.1 Å². The number of nitrogens with one attached hydrogen (secondary N) is 3. The van der Waals surface area contributed by atoms with E-state index in [2.05, 4.69) is 16.2 Å². The molecular weight excluding hydrogens is 473 g/mol. The fourth-order valence-corrected chi connectivity index (χ4v) is 3.31. The lowest BCUT2D eigenvalue weighted by molar-refractivity contribution is -0.128. The number of carbonyl (C=O) groups is 2. The van der Waals surface area contributed by atoms with Crippen LogP contribution in [0, 0.1) is 0 Å². The quantitative estimate of drug-likeness (QED) is 0.356. The number of hydrazine groups is 1. The van der Waals surface area contributed by atoms with Crippen LogP contribution in [-0.4, -0.2) is 29.6 Å². The summed E-state index contributed by atoms with van der Waals surface area (Å²) in [7, 11) is 0. The van der Waals surface area contributed by atoms with Gasteiger partial charge in [0.05, 0.1) is 5.02 Å². The highest BCUT2D eigenvalue weighted by atomic mass is 35.5. The van der Waals surface area contributed by atoms with E-state index in [9.17, 15) is 9.59 Å². The summed E-state index contributed by atoms with van der Waals surface area (Å²) < 4.78 is 11.1. The molecule has 0 radical (unpaired) electrons. The van der Waals surface area contributed by atoms with Gasteiger partial charge in [0.15, 0.2) is 17.8 Å². The third kappa shape index (κ3) is 6.46. The third-order valence-electron chi connectivity index (χ3n) is 4.23. The second-order valence-corrected chi connectivity index (χ2v) is 7.84. The molecule has 166 valence electrons. The zero-order valence-corrected chi connectivity index (χ0v) is 19.2. The molecule has 3 rings (SSSR count). The Labute approximate surface area is 199 Å². The van der Waals surface area contributed by atoms with Crippen LogP contribution in [0.4, 0.5) is 0 Å². The first kappa shape index (κ1) is 23.6. The van der Waals surface area contributed by atoms with Gasteiger partial charge in [0.2, 0.25) is 0 Å². The Hall–Kier alpha value is -3.07. The van der Waals surface area contributed by atoms with Crippen LogP contribution < -0.4 is 25.6 Å². The fourth-order valence-electron chi connectivity index (χ4n) is 2.69. The minimum absolute atomic E-state index is 0.0957. The second kappa shape index (κ2) is 11.0. The molecule has 0 aliphatic rings. The molecule has 1 unspecified atom stereocenters. The van der Waals surface area contributed by atoms with E-state index in [0.29, 0.717) is 16.5 Å². The van der Waals surface area contributed by atoms with Crippen molar-refractivity contribution in [3.05, 3.63) is 70.7 Å². The van der Waals surface area contributed by atoms with Crippen molar-refractivity contribution in [2.75, 3.05) is 6.61 Å². The van der Waals surface area contributed by atoms with Crippen molar-refractivity contribution in [2.24, 2.45) is 0 Å². The molecule has 10 heteroatoms. The van der Waals surface area contributed by atoms with Gasteiger partial charge in [0.1, 0.15) is 11.5 Å². The van der Waals surface area contributed by atoms with Crippen molar-refractivity contribution in [3.8, 4) is 11.5 Å². The van der Waals surface area contributed by atoms with Crippen LogP contribution in [0.3, 0.4) is 0 Å². The monoisotopic (exact) mass is 491 g/mol. The molecule has 0 aliphatic heterocycles.